The maximum Gasteiger partial charge on any atom is 0.337 e. The van der Waals surface area contributed by atoms with E-state index in [-0.39, 0.29) is 79.6 Å². The van der Waals surface area contributed by atoms with Crippen LogP contribution in [0.2, 0.25) is 0 Å². The van der Waals surface area contributed by atoms with Gasteiger partial charge in [-0.2, -0.15) is 0 Å². The smallest absolute Gasteiger partial charge is 0.337 e. The van der Waals surface area contributed by atoms with E-state index in [0.717, 1.165) is 39.3 Å². The fraction of sp³-hybridized carbons (Fsp3) is 0.658. The van der Waals surface area contributed by atoms with E-state index in [1.165, 1.54) is 43.4 Å². The first-order valence-corrected chi connectivity index (χ1v) is 37.4. The Kier molecular flexibility index (Phi) is 35.6. The summed E-state index contributed by atoms with van der Waals surface area (Å²) in [6, 6.07) is 0. The van der Waals surface area contributed by atoms with Crippen LogP contribution in [0.25, 0.3) is 0 Å². The number of allylic oxidation sites excluding steroid dienone is 2. The van der Waals surface area contributed by atoms with Crippen molar-refractivity contribution in [2.75, 3.05) is 67.1 Å². The molecule has 0 saturated carbocycles. The zero-order valence-electron chi connectivity index (χ0n) is 63.9. The number of esters is 6. The largest absolute Gasteiger partial charge is 0.471 e. The maximum atomic E-state index is 14.3. The molecule has 4 saturated heterocycles. The number of carbonyl (C=O) groups excluding carboxylic acids is 6. The minimum absolute atomic E-state index is 0.0558. The summed E-state index contributed by atoms with van der Waals surface area (Å²) in [6.07, 6.45) is -27.9. The van der Waals surface area contributed by atoms with Gasteiger partial charge in [-0.25, -0.2) is 28.8 Å². The molecule has 116 heavy (non-hydrogen) atoms. The van der Waals surface area contributed by atoms with E-state index in [1.54, 1.807) is 6.92 Å². The fourth-order valence-electron chi connectivity index (χ4n) is 14.4. The SMILES string of the molecule is C=C[C@H]1[C@H](O[C@@H]2O[C@H](CO)[C@@H](O)[C@H](O)[C@H]2O)OC=C(C(=O)OC)[C@H]1CCOC(=O)C1=CO[C@@H](O[C@@H]2O[C@H](CO)[C@@H](O)[C@H](O)[C@H]2O)[C@H](C=C)[C@@H]1CCOC(=O)/C=C(\C)CC/C=C(\C)C(=O)OCC[C@@H]1C(C(=O)OCC[C@@H]2C(C(=O)OC)=CO[C@@H](O[C@@H]3O[C@H](CO)[C@@H](O)[C@H](O)[C@H]3O)[C@@H]2C=C)=CO[C@@H](O[C@@H]2O[C@H](CO)[C@@H](O)[C@H](O)[C@H]2O)[C@@H]1C=C. The van der Waals surface area contributed by atoms with Crippen LogP contribution in [0.4, 0.5) is 0 Å². The molecular formula is C76H106O40. The first kappa shape index (κ1) is 94.0. The van der Waals surface area contributed by atoms with Crippen LogP contribution in [-0.2, 0) is 114 Å². The van der Waals surface area contributed by atoms with Gasteiger partial charge in [0, 0.05) is 59.0 Å². The second-order valence-corrected chi connectivity index (χ2v) is 28.5. The highest BCUT2D eigenvalue weighted by Crippen LogP contribution is 2.43. The molecule has 0 aromatic rings. The van der Waals surface area contributed by atoms with Gasteiger partial charge in [-0.1, -0.05) is 36.0 Å². The molecule has 0 aromatic heterocycles. The zero-order valence-corrected chi connectivity index (χ0v) is 63.9. The lowest BCUT2D eigenvalue weighted by atomic mass is 9.81. The normalized spacial score (nSPS) is 38.0. The molecule has 0 radical (unpaired) electrons. The number of hydrogen-bond donors (Lipinski definition) is 16. The van der Waals surface area contributed by atoms with Gasteiger partial charge in [0.2, 0.25) is 25.2 Å². The predicted molar refractivity (Wildman–Crippen MR) is 383 cm³/mol. The second kappa shape index (κ2) is 44.0. The maximum absolute atomic E-state index is 14.3. The Bertz CT molecular complexity index is 3530. The molecule has 0 unspecified atom stereocenters. The van der Waals surface area contributed by atoms with Crippen molar-refractivity contribution in [2.24, 2.45) is 47.3 Å². The van der Waals surface area contributed by atoms with Gasteiger partial charge >= 0.3 is 35.8 Å². The van der Waals surface area contributed by atoms with Crippen LogP contribution in [0, 0.1) is 47.3 Å². The molecule has 650 valence electrons. The van der Waals surface area contributed by atoms with Crippen molar-refractivity contribution in [1.29, 1.82) is 0 Å². The molecule has 0 aromatic carbocycles. The van der Waals surface area contributed by atoms with Gasteiger partial charge in [-0.15, -0.1) is 26.3 Å². The standard InChI is InChI=1S/C76H106O40/c1-9-35-39(43(65(95)99-7)29-105-69(35)113-73-60(90)56(86)52(82)47(25-77)109-73)18-22-103-67(97)45-31-107-71(115-75-62(92)58(88)54(84)49(27-79)111-75)37(11-3)41(45)16-20-101-51(81)24-33(5)14-13-15-34(6)64(94)102-21-17-42-38(12-4)72(116-76-63(93)59(89)55(85)50(28-80)112-76)108-32-46(42)68(98)104-23-19-40-36(10-2)70(106-30-44(40)66(96)100-8)114-74-61(91)57(87)53(83)48(26-78)110-74/h9-12,15,24,29-32,35-42,47-50,52-63,69-80,82-93H,1-4,13-14,16-23,25-28H2,5-8H3/b33-24+,34-15+/t35-,36-,37-,38-,39+,40+,41+,42+,47-,48-,49-,50-,52-,53-,54-,55-,56+,57+,58+,59+,60-,61-,62-,63-,69+,70+,71+,72+,73+,74+,75+,76+/m1/s1. The van der Waals surface area contributed by atoms with Crippen molar-refractivity contribution < 1.29 is 196 Å². The van der Waals surface area contributed by atoms with Crippen molar-refractivity contribution in [2.45, 2.75) is 200 Å². The predicted octanol–water partition coefficient (Wildman–Crippen LogP) is -4.36. The number of aliphatic hydroxyl groups excluding tert-OH is 16. The number of hydrogen-bond acceptors (Lipinski definition) is 40. The fourth-order valence-corrected chi connectivity index (χ4v) is 14.4. The molecule has 0 bridgehead atoms. The highest BCUT2D eigenvalue weighted by atomic mass is 16.8. The molecular weight excluding hydrogens is 1550 g/mol. The summed E-state index contributed by atoms with van der Waals surface area (Å²) in [4.78, 5) is 82.0. The van der Waals surface area contributed by atoms with E-state index < -0.39 is 271 Å². The summed E-state index contributed by atoms with van der Waals surface area (Å²) in [5.41, 5.74) is 0.160. The van der Waals surface area contributed by atoms with Crippen LogP contribution in [0.5, 0.6) is 0 Å². The van der Waals surface area contributed by atoms with E-state index in [9.17, 15) is 110 Å². The molecule has 40 heteroatoms. The van der Waals surface area contributed by atoms with Crippen molar-refractivity contribution in [3.8, 4) is 0 Å². The van der Waals surface area contributed by atoms with Gasteiger partial charge in [0.15, 0.2) is 25.2 Å². The average Bonchev–Trinajstić information content (AvgIpc) is 0.795. The second-order valence-electron chi connectivity index (χ2n) is 28.5. The van der Waals surface area contributed by atoms with Crippen molar-refractivity contribution in [3.05, 3.63) is 121 Å². The Morgan fingerprint density at radius 3 is 0.905 bits per heavy atom. The number of rotatable bonds is 37. The van der Waals surface area contributed by atoms with Crippen molar-refractivity contribution in [1.82, 2.24) is 0 Å². The summed E-state index contributed by atoms with van der Waals surface area (Å²) >= 11 is 0. The number of ether oxygens (including phenoxy) is 18. The molecule has 0 amide bonds. The van der Waals surface area contributed by atoms with Gasteiger partial charge in [0.25, 0.3) is 0 Å². The molecule has 0 spiro atoms. The topological polar surface area (TPSA) is 592 Å². The lowest BCUT2D eigenvalue weighted by Gasteiger charge is -2.43. The van der Waals surface area contributed by atoms with Crippen molar-refractivity contribution in [3.63, 3.8) is 0 Å². The van der Waals surface area contributed by atoms with Crippen LogP contribution in [0.1, 0.15) is 52.4 Å². The molecule has 4 fully saturated rings. The van der Waals surface area contributed by atoms with Gasteiger partial charge < -0.3 is 167 Å². The first-order valence-electron chi connectivity index (χ1n) is 37.4. The van der Waals surface area contributed by atoms with Crippen LogP contribution in [0.3, 0.4) is 0 Å². The summed E-state index contributed by atoms with van der Waals surface area (Å²) in [6.45, 7) is 13.8. The van der Waals surface area contributed by atoms with E-state index in [4.69, 9.17) is 85.3 Å². The van der Waals surface area contributed by atoms with Gasteiger partial charge in [0.05, 0.1) is 114 Å². The Balaban J connectivity index is 0.902. The summed E-state index contributed by atoms with van der Waals surface area (Å²) < 4.78 is 102. The third-order valence-corrected chi connectivity index (χ3v) is 21.2. The lowest BCUT2D eigenvalue weighted by Crippen LogP contribution is -2.60. The lowest BCUT2D eigenvalue weighted by molar-refractivity contribution is -0.339. The molecule has 8 heterocycles. The minimum atomic E-state index is -1.89. The molecule has 40 nitrogen and oxygen atoms in total. The average molecular weight is 1660 g/mol. The van der Waals surface area contributed by atoms with E-state index >= 15 is 0 Å². The minimum Gasteiger partial charge on any atom is -0.471 e. The monoisotopic (exact) mass is 1660 g/mol. The molecule has 8 aliphatic heterocycles. The third-order valence-electron chi connectivity index (χ3n) is 21.2. The molecule has 16 N–H and O–H groups in total. The van der Waals surface area contributed by atoms with Gasteiger partial charge in [-0.3, -0.25) is 0 Å². The highest BCUT2D eigenvalue weighted by Gasteiger charge is 2.53. The molecule has 0 aliphatic carbocycles. The molecule has 8 aliphatic rings. The Morgan fingerprint density at radius 1 is 0.371 bits per heavy atom. The third kappa shape index (κ3) is 22.3. The first-order chi connectivity index (χ1) is 55.4. The number of aliphatic hydroxyl groups is 16. The Labute approximate surface area is 665 Å². The zero-order chi connectivity index (χ0) is 85.1. The molecule has 32 atom stereocenters. The summed E-state index contributed by atoms with van der Waals surface area (Å²) in [7, 11) is 2.22. The Morgan fingerprint density at radius 2 is 0.638 bits per heavy atom. The van der Waals surface area contributed by atoms with Gasteiger partial charge in [-0.05, 0) is 52.4 Å². The Hall–Kier alpha value is -7.54. The summed E-state index contributed by atoms with van der Waals surface area (Å²) in [5.74, 6) is -13.4. The van der Waals surface area contributed by atoms with Crippen LogP contribution in [-0.4, -0.2) is 333 Å². The van der Waals surface area contributed by atoms with Gasteiger partial charge in [0.1, 0.15) is 97.7 Å². The quantitative estimate of drug-likeness (QED) is 0.0121. The van der Waals surface area contributed by atoms with Crippen LogP contribution >= 0.6 is 0 Å². The van der Waals surface area contributed by atoms with E-state index in [0.29, 0.717) is 5.57 Å². The summed E-state index contributed by atoms with van der Waals surface area (Å²) in [5, 5.41) is 166. The number of carbonyl (C=O) groups is 6. The highest BCUT2D eigenvalue weighted by molar-refractivity contribution is 5.91. The number of methoxy groups -OCH3 is 2. The molecule has 8 rings (SSSR count). The van der Waals surface area contributed by atoms with E-state index in [1.807, 2.05) is 0 Å². The van der Waals surface area contributed by atoms with Crippen LogP contribution in [0.15, 0.2) is 121 Å². The van der Waals surface area contributed by atoms with E-state index in [2.05, 4.69) is 26.3 Å². The van der Waals surface area contributed by atoms with Crippen LogP contribution < -0.4 is 0 Å². The van der Waals surface area contributed by atoms with Crippen molar-refractivity contribution >= 4 is 35.8 Å².